The smallest absolute Gasteiger partial charge is 0.294 e. The molecule has 9 heteroatoms. The first-order valence-corrected chi connectivity index (χ1v) is 5.91. The van der Waals surface area contributed by atoms with E-state index in [-0.39, 0.29) is 23.7 Å². The molecule has 1 N–H and O–H groups in total. The number of nitrogens with zero attached hydrogens (tertiary/aromatic N) is 3. The molecule has 0 aliphatic heterocycles. The van der Waals surface area contributed by atoms with Gasteiger partial charge in [-0.15, -0.1) is 0 Å². The van der Waals surface area contributed by atoms with Crippen molar-refractivity contribution in [1.82, 2.24) is 14.9 Å². The molecule has 1 amide bonds. The van der Waals surface area contributed by atoms with Crippen molar-refractivity contribution in [2.24, 2.45) is 7.05 Å². The average molecular weight is 292 g/mol. The highest BCUT2D eigenvalue weighted by Gasteiger charge is 2.14. The highest BCUT2D eigenvalue weighted by molar-refractivity contribution is 5.79. The third kappa shape index (κ3) is 2.81. The van der Waals surface area contributed by atoms with Crippen LogP contribution in [0.15, 0.2) is 23.1 Å². The van der Waals surface area contributed by atoms with Gasteiger partial charge in [-0.1, -0.05) is 0 Å². The molecule has 9 nitrogen and oxygen atoms in total. The molecule has 0 aromatic carbocycles. The Bertz CT molecular complexity index is 783. The molecule has 2 rings (SSSR count). The molecule has 2 aromatic heterocycles. The zero-order chi connectivity index (χ0) is 15.6. The van der Waals surface area contributed by atoms with Gasteiger partial charge in [0.1, 0.15) is 11.8 Å². The number of amides is 1. The van der Waals surface area contributed by atoms with Gasteiger partial charge in [0.05, 0.1) is 4.92 Å². The predicted octanol–water partition coefficient (Wildman–Crippen LogP) is -0.0335. The molecule has 0 saturated heterocycles. The highest BCUT2D eigenvalue weighted by Crippen LogP contribution is 2.19. The lowest BCUT2D eigenvalue weighted by Gasteiger charge is -2.09. The van der Waals surface area contributed by atoms with Gasteiger partial charge in [-0.2, -0.15) is 0 Å². The third-order valence-corrected chi connectivity index (χ3v) is 2.85. The summed E-state index contributed by atoms with van der Waals surface area (Å²) in [5.74, 6) is -0.467. The summed E-state index contributed by atoms with van der Waals surface area (Å²) >= 11 is 0. The molecular formula is C12H12N4O5. The van der Waals surface area contributed by atoms with Gasteiger partial charge in [0, 0.05) is 25.5 Å². The van der Waals surface area contributed by atoms with Crippen LogP contribution in [0, 0.1) is 10.1 Å². The van der Waals surface area contributed by atoms with Gasteiger partial charge >= 0.3 is 0 Å². The van der Waals surface area contributed by atoms with Crippen LogP contribution in [0.25, 0.3) is 11.0 Å². The van der Waals surface area contributed by atoms with Gasteiger partial charge in [0.15, 0.2) is 12.4 Å². The molecule has 2 heterocycles. The summed E-state index contributed by atoms with van der Waals surface area (Å²) in [6, 6.07) is 2.62. The molecule has 2 aromatic rings. The van der Waals surface area contributed by atoms with Crippen molar-refractivity contribution in [3.8, 4) is 5.75 Å². The van der Waals surface area contributed by atoms with Crippen molar-refractivity contribution in [3.63, 3.8) is 0 Å². The minimum absolute atomic E-state index is 0.0732. The molecule has 0 fully saturated rings. The second-order valence-corrected chi connectivity index (χ2v) is 4.20. The number of pyridine rings is 2. The molecule has 0 unspecified atom stereocenters. The Morgan fingerprint density at radius 3 is 2.86 bits per heavy atom. The van der Waals surface area contributed by atoms with Crippen LogP contribution >= 0.6 is 0 Å². The number of nitro groups is 1. The van der Waals surface area contributed by atoms with Crippen molar-refractivity contribution in [1.29, 1.82) is 0 Å². The van der Waals surface area contributed by atoms with Crippen LogP contribution < -0.4 is 15.6 Å². The molecule has 0 aliphatic carbocycles. The van der Waals surface area contributed by atoms with Gasteiger partial charge in [-0.3, -0.25) is 24.3 Å². The van der Waals surface area contributed by atoms with Crippen molar-refractivity contribution in [2.75, 3.05) is 13.7 Å². The normalized spacial score (nSPS) is 10.4. The quantitative estimate of drug-likeness (QED) is 0.624. The van der Waals surface area contributed by atoms with Gasteiger partial charge in [0.25, 0.3) is 17.2 Å². The van der Waals surface area contributed by atoms with E-state index in [1.807, 2.05) is 0 Å². The number of carbonyl (C=O) groups is 1. The lowest BCUT2D eigenvalue weighted by atomic mass is 10.2. The fraction of sp³-hybridized carbons (Fsp3) is 0.250. The molecule has 0 radical (unpaired) electrons. The fourth-order valence-corrected chi connectivity index (χ4v) is 1.73. The van der Waals surface area contributed by atoms with Gasteiger partial charge in [0.2, 0.25) is 0 Å². The van der Waals surface area contributed by atoms with Crippen LogP contribution in [0.5, 0.6) is 5.75 Å². The Hall–Kier alpha value is -2.97. The maximum atomic E-state index is 12.0. The molecule has 0 bridgehead atoms. The van der Waals surface area contributed by atoms with E-state index in [1.165, 1.54) is 30.8 Å². The Morgan fingerprint density at radius 1 is 1.52 bits per heavy atom. The first-order chi connectivity index (χ1) is 9.93. The summed E-state index contributed by atoms with van der Waals surface area (Å²) in [5, 5.41) is 13.5. The fourth-order valence-electron chi connectivity index (χ4n) is 1.73. The lowest BCUT2D eigenvalue weighted by Crippen LogP contribution is -2.28. The third-order valence-electron chi connectivity index (χ3n) is 2.85. The average Bonchev–Trinajstić information content (AvgIpc) is 2.48. The SMILES string of the molecule is CNC(=O)COc1cc2cc([N+](=O)[O-])cnc2n(C)c1=O. The summed E-state index contributed by atoms with van der Waals surface area (Å²) in [7, 11) is 2.91. The van der Waals surface area contributed by atoms with Gasteiger partial charge in [-0.25, -0.2) is 4.98 Å². The molecule has 0 saturated carbocycles. The zero-order valence-corrected chi connectivity index (χ0v) is 11.3. The van der Waals surface area contributed by atoms with E-state index < -0.39 is 16.4 Å². The van der Waals surface area contributed by atoms with E-state index >= 15 is 0 Å². The highest BCUT2D eigenvalue weighted by atomic mass is 16.6. The second kappa shape index (κ2) is 5.57. The van der Waals surface area contributed by atoms with Crippen LogP contribution in [0.4, 0.5) is 5.69 Å². The molecule has 0 aliphatic rings. The second-order valence-electron chi connectivity index (χ2n) is 4.20. The van der Waals surface area contributed by atoms with E-state index in [1.54, 1.807) is 0 Å². The van der Waals surface area contributed by atoms with E-state index in [0.717, 1.165) is 6.20 Å². The van der Waals surface area contributed by atoms with Crippen LogP contribution in [0.2, 0.25) is 0 Å². The number of likely N-dealkylation sites (N-methyl/N-ethyl adjacent to an activating group) is 1. The standard InChI is InChI=1S/C12H12N4O5/c1-13-10(17)6-21-9-4-7-3-8(16(19)20)5-14-11(7)15(2)12(9)18/h3-5H,6H2,1-2H3,(H,13,17). The number of aryl methyl sites for hydroxylation is 1. The number of carbonyl (C=O) groups excluding carboxylic acids is 1. The van der Waals surface area contributed by atoms with E-state index in [4.69, 9.17) is 4.74 Å². The molecule has 21 heavy (non-hydrogen) atoms. The summed E-state index contributed by atoms with van der Waals surface area (Å²) in [6.07, 6.45) is 1.08. The van der Waals surface area contributed by atoms with Crippen LogP contribution in [-0.4, -0.2) is 34.0 Å². The minimum Gasteiger partial charge on any atom is -0.478 e. The first kappa shape index (κ1) is 14.4. The monoisotopic (exact) mass is 292 g/mol. The van der Waals surface area contributed by atoms with Crippen molar-refractivity contribution in [3.05, 3.63) is 38.8 Å². The lowest BCUT2D eigenvalue weighted by molar-refractivity contribution is -0.385. The predicted molar refractivity (Wildman–Crippen MR) is 73.2 cm³/mol. The van der Waals surface area contributed by atoms with Gasteiger partial charge < -0.3 is 10.1 Å². The Balaban J connectivity index is 2.51. The van der Waals surface area contributed by atoms with E-state index in [2.05, 4.69) is 10.3 Å². The molecule has 0 spiro atoms. The summed E-state index contributed by atoms with van der Waals surface area (Å²) in [6.45, 7) is -0.320. The largest absolute Gasteiger partial charge is 0.478 e. The number of ether oxygens (including phenoxy) is 1. The maximum absolute atomic E-state index is 12.0. The topological polar surface area (TPSA) is 116 Å². The number of rotatable bonds is 4. The Morgan fingerprint density at radius 2 is 2.24 bits per heavy atom. The number of fused-ring (bicyclic) bond motifs is 1. The van der Waals surface area contributed by atoms with Gasteiger partial charge in [-0.05, 0) is 6.07 Å². The number of hydrogen-bond acceptors (Lipinski definition) is 6. The Kier molecular flexibility index (Phi) is 3.83. The van der Waals surface area contributed by atoms with E-state index in [0.29, 0.717) is 5.39 Å². The maximum Gasteiger partial charge on any atom is 0.294 e. The number of nitrogens with one attached hydrogen (secondary N) is 1. The van der Waals surface area contributed by atoms with Crippen LogP contribution in [0.3, 0.4) is 0 Å². The zero-order valence-electron chi connectivity index (χ0n) is 11.3. The summed E-state index contributed by atoms with van der Waals surface area (Å²) in [4.78, 5) is 37.2. The Labute approximate surface area is 118 Å². The minimum atomic E-state index is -0.581. The first-order valence-electron chi connectivity index (χ1n) is 5.91. The molecular weight excluding hydrogens is 280 g/mol. The number of hydrogen-bond donors (Lipinski definition) is 1. The van der Waals surface area contributed by atoms with Crippen molar-refractivity contribution < 1.29 is 14.5 Å². The summed E-state index contributed by atoms with van der Waals surface area (Å²) in [5.41, 5.74) is -0.385. The van der Waals surface area contributed by atoms with Crippen molar-refractivity contribution >= 4 is 22.6 Å². The van der Waals surface area contributed by atoms with Crippen LogP contribution in [-0.2, 0) is 11.8 Å². The van der Waals surface area contributed by atoms with Crippen LogP contribution in [0.1, 0.15) is 0 Å². The number of aromatic nitrogens is 2. The summed E-state index contributed by atoms with van der Waals surface area (Å²) < 4.78 is 6.34. The molecule has 0 atom stereocenters. The van der Waals surface area contributed by atoms with E-state index in [9.17, 15) is 19.7 Å². The van der Waals surface area contributed by atoms with Crippen molar-refractivity contribution in [2.45, 2.75) is 0 Å². The molecule has 110 valence electrons.